The Hall–Kier alpha value is -3.34. The lowest BCUT2D eigenvalue weighted by Gasteiger charge is -2.06. The minimum Gasteiger partial charge on any atom is -0.492 e. The van der Waals surface area contributed by atoms with Crippen molar-refractivity contribution in [2.45, 2.75) is 6.54 Å². The molecule has 0 atom stereocenters. The van der Waals surface area contributed by atoms with Gasteiger partial charge in [-0.15, -0.1) is 0 Å². The molecule has 0 saturated heterocycles. The molecule has 0 aliphatic rings. The number of imidazole rings is 1. The highest BCUT2D eigenvalue weighted by Crippen LogP contribution is 2.13. The lowest BCUT2D eigenvalue weighted by molar-refractivity contribution is 0.298. The van der Waals surface area contributed by atoms with Crippen LogP contribution in [0.4, 0.5) is 5.82 Å². The molecule has 1 aromatic carbocycles. The first-order chi connectivity index (χ1) is 10.7. The second-order valence-corrected chi connectivity index (χ2v) is 4.52. The van der Waals surface area contributed by atoms with Crippen LogP contribution in [0.25, 0.3) is 11.2 Å². The van der Waals surface area contributed by atoms with Crippen LogP contribution >= 0.6 is 0 Å². The van der Waals surface area contributed by atoms with E-state index < -0.39 is 0 Å². The normalized spacial score (nSPS) is 10.5. The van der Waals surface area contributed by atoms with Crippen molar-refractivity contribution in [1.29, 1.82) is 5.26 Å². The molecule has 22 heavy (non-hydrogen) atoms. The van der Waals surface area contributed by atoms with E-state index in [9.17, 15) is 4.79 Å². The largest absolute Gasteiger partial charge is 0.492 e. The van der Waals surface area contributed by atoms with E-state index in [1.165, 1.54) is 10.9 Å². The number of nitriles is 1. The minimum atomic E-state index is -0.314. The molecule has 0 bridgehead atoms. The Labute approximate surface area is 124 Å². The predicted octanol–water partition coefficient (Wildman–Crippen LogP) is 0.652. The number of rotatable bonds is 4. The molecular formula is C14H12N6O2. The predicted molar refractivity (Wildman–Crippen MR) is 79.2 cm³/mol. The zero-order valence-corrected chi connectivity index (χ0v) is 11.5. The van der Waals surface area contributed by atoms with Crippen LogP contribution in [0, 0.1) is 11.3 Å². The third kappa shape index (κ3) is 2.47. The highest BCUT2D eigenvalue weighted by atomic mass is 16.5. The molecule has 110 valence electrons. The van der Waals surface area contributed by atoms with Crippen molar-refractivity contribution >= 4 is 17.0 Å². The average molecular weight is 296 g/mol. The molecule has 2 heterocycles. The summed E-state index contributed by atoms with van der Waals surface area (Å²) in [6.45, 7) is 0.595. The fraction of sp³-hybridized carbons (Fsp3) is 0.143. The smallest absolute Gasteiger partial charge is 0.327 e. The fourth-order valence-corrected chi connectivity index (χ4v) is 2.07. The maximum atomic E-state index is 11.9. The van der Waals surface area contributed by atoms with Gasteiger partial charge in [0.05, 0.1) is 18.2 Å². The number of fused-ring (bicyclic) bond motifs is 1. The average Bonchev–Trinajstić information content (AvgIpc) is 2.86. The minimum absolute atomic E-state index is 0.230. The molecule has 2 aromatic heterocycles. The highest BCUT2D eigenvalue weighted by Gasteiger charge is 2.10. The van der Waals surface area contributed by atoms with Gasteiger partial charge in [0.1, 0.15) is 24.2 Å². The van der Waals surface area contributed by atoms with Gasteiger partial charge in [-0.1, -0.05) is 0 Å². The number of hydrogen-bond acceptors (Lipinski definition) is 6. The molecule has 0 saturated carbocycles. The van der Waals surface area contributed by atoms with Crippen LogP contribution in [0.1, 0.15) is 5.56 Å². The molecular weight excluding hydrogens is 284 g/mol. The second kappa shape index (κ2) is 5.57. The van der Waals surface area contributed by atoms with Gasteiger partial charge >= 0.3 is 5.69 Å². The van der Waals surface area contributed by atoms with Crippen molar-refractivity contribution < 1.29 is 4.74 Å². The van der Waals surface area contributed by atoms with Crippen molar-refractivity contribution in [2.75, 3.05) is 12.3 Å². The van der Waals surface area contributed by atoms with Crippen LogP contribution < -0.4 is 16.2 Å². The van der Waals surface area contributed by atoms with E-state index in [0.29, 0.717) is 29.0 Å². The van der Waals surface area contributed by atoms with Crippen molar-refractivity contribution in [3.05, 3.63) is 46.6 Å². The maximum absolute atomic E-state index is 11.9. The van der Waals surface area contributed by atoms with E-state index in [2.05, 4.69) is 15.0 Å². The van der Waals surface area contributed by atoms with Crippen LogP contribution in [0.5, 0.6) is 5.75 Å². The third-order valence-electron chi connectivity index (χ3n) is 3.16. The SMILES string of the molecule is N#Cc1ccc(OCCn2c(=O)[nH]c3c(N)ncnc32)cc1. The van der Waals surface area contributed by atoms with E-state index in [4.69, 9.17) is 15.7 Å². The van der Waals surface area contributed by atoms with Crippen molar-refractivity contribution in [3.8, 4) is 11.8 Å². The molecule has 0 radical (unpaired) electrons. The summed E-state index contributed by atoms with van der Waals surface area (Å²) in [5, 5.41) is 8.73. The van der Waals surface area contributed by atoms with E-state index in [1.54, 1.807) is 24.3 Å². The van der Waals surface area contributed by atoms with Gasteiger partial charge < -0.3 is 15.5 Å². The van der Waals surface area contributed by atoms with Gasteiger partial charge in [0.2, 0.25) is 0 Å². The van der Waals surface area contributed by atoms with Gasteiger partial charge in [-0.05, 0) is 24.3 Å². The maximum Gasteiger partial charge on any atom is 0.327 e. The molecule has 0 spiro atoms. The number of aromatic nitrogens is 4. The summed E-state index contributed by atoms with van der Waals surface area (Å²) in [7, 11) is 0. The first-order valence-corrected chi connectivity index (χ1v) is 6.51. The molecule has 3 aromatic rings. The van der Waals surface area contributed by atoms with E-state index in [0.717, 1.165) is 0 Å². The molecule has 8 nitrogen and oxygen atoms in total. The van der Waals surface area contributed by atoms with Crippen molar-refractivity contribution in [3.63, 3.8) is 0 Å². The number of nitrogen functional groups attached to an aromatic ring is 1. The molecule has 0 fully saturated rings. The summed E-state index contributed by atoms with van der Waals surface area (Å²) in [6, 6.07) is 8.78. The van der Waals surface area contributed by atoms with Crippen molar-refractivity contribution in [2.24, 2.45) is 0 Å². The first kappa shape index (κ1) is 13.6. The Morgan fingerprint density at radius 1 is 1.32 bits per heavy atom. The van der Waals surface area contributed by atoms with Gasteiger partial charge in [-0.3, -0.25) is 4.57 Å². The Kier molecular flexibility index (Phi) is 3.45. The molecule has 3 N–H and O–H groups in total. The van der Waals surface area contributed by atoms with Crippen LogP contribution in [0.2, 0.25) is 0 Å². The number of benzene rings is 1. The van der Waals surface area contributed by atoms with Gasteiger partial charge in [-0.25, -0.2) is 14.8 Å². The topological polar surface area (TPSA) is 123 Å². The second-order valence-electron chi connectivity index (χ2n) is 4.52. The van der Waals surface area contributed by atoms with Crippen LogP contribution in [0.15, 0.2) is 35.4 Å². The molecule has 8 heteroatoms. The van der Waals surface area contributed by atoms with Gasteiger partial charge in [0, 0.05) is 0 Å². The Balaban J connectivity index is 1.74. The molecule has 0 aliphatic heterocycles. The van der Waals surface area contributed by atoms with E-state index in [-0.39, 0.29) is 18.1 Å². The summed E-state index contributed by atoms with van der Waals surface area (Å²) >= 11 is 0. The first-order valence-electron chi connectivity index (χ1n) is 6.51. The van der Waals surface area contributed by atoms with Gasteiger partial charge in [-0.2, -0.15) is 5.26 Å². The number of nitrogens with two attached hydrogens (primary N) is 1. The Morgan fingerprint density at radius 3 is 2.82 bits per heavy atom. The summed E-state index contributed by atoms with van der Waals surface area (Å²) in [5.74, 6) is 0.856. The van der Waals surface area contributed by atoms with Gasteiger partial charge in [0.25, 0.3) is 0 Å². The summed E-state index contributed by atoms with van der Waals surface area (Å²) in [5.41, 5.74) is 6.81. The third-order valence-corrected chi connectivity index (χ3v) is 3.16. The fourth-order valence-electron chi connectivity index (χ4n) is 2.07. The number of hydrogen-bond donors (Lipinski definition) is 2. The van der Waals surface area contributed by atoms with E-state index in [1.807, 2.05) is 6.07 Å². The zero-order valence-electron chi connectivity index (χ0n) is 11.5. The highest BCUT2D eigenvalue weighted by molar-refractivity contribution is 5.80. The van der Waals surface area contributed by atoms with Crippen LogP contribution in [-0.4, -0.2) is 26.1 Å². The van der Waals surface area contributed by atoms with Crippen LogP contribution in [0.3, 0.4) is 0 Å². The van der Waals surface area contributed by atoms with Crippen molar-refractivity contribution in [1.82, 2.24) is 19.5 Å². The molecule has 0 amide bonds. The van der Waals surface area contributed by atoms with Gasteiger partial charge in [0.15, 0.2) is 11.5 Å². The molecule has 3 rings (SSSR count). The Bertz CT molecular complexity index is 904. The standard InChI is InChI=1S/C14H12N6O2/c15-7-9-1-3-10(4-2-9)22-6-5-20-13-11(19-14(20)21)12(16)17-8-18-13/h1-4,8H,5-6H2,(H,19,21)(H2,16,17,18). The summed E-state index contributed by atoms with van der Waals surface area (Å²) in [4.78, 5) is 22.4. The summed E-state index contributed by atoms with van der Waals surface area (Å²) in [6.07, 6.45) is 1.31. The number of anilines is 1. The number of ether oxygens (including phenoxy) is 1. The Morgan fingerprint density at radius 2 is 2.09 bits per heavy atom. The van der Waals surface area contributed by atoms with E-state index >= 15 is 0 Å². The lowest BCUT2D eigenvalue weighted by Crippen LogP contribution is -2.20. The monoisotopic (exact) mass is 296 g/mol. The number of nitrogens with one attached hydrogen (secondary N) is 1. The number of H-pyrrole nitrogens is 1. The zero-order chi connectivity index (χ0) is 15.5. The lowest BCUT2D eigenvalue weighted by atomic mass is 10.2. The molecule has 0 unspecified atom stereocenters. The van der Waals surface area contributed by atoms with Crippen LogP contribution in [-0.2, 0) is 6.54 Å². The number of aromatic amines is 1. The number of nitrogens with zero attached hydrogens (tertiary/aromatic N) is 4. The molecule has 0 aliphatic carbocycles. The quantitative estimate of drug-likeness (QED) is 0.728. The summed E-state index contributed by atoms with van der Waals surface area (Å²) < 4.78 is 7.00.